The van der Waals surface area contributed by atoms with E-state index in [1.807, 2.05) is 45.9 Å². The minimum atomic E-state index is -2.97. The fourth-order valence-corrected chi connectivity index (χ4v) is 6.00. The summed E-state index contributed by atoms with van der Waals surface area (Å²) in [5, 5.41) is 14.3. The van der Waals surface area contributed by atoms with E-state index in [9.17, 15) is 21.2 Å². The highest BCUT2D eigenvalue weighted by atomic mass is 32.2. The second-order valence-corrected chi connectivity index (χ2v) is 15.9. The van der Waals surface area contributed by atoms with Crippen LogP contribution < -0.4 is 5.32 Å². The first-order valence-electron chi connectivity index (χ1n) is 15.1. The standard InChI is InChI=1S/C29H33FN8O2S.C3H6O2S/c1-41(39,40)15-14-35-9-3-10-36(13-12-35)20-23-8-11-37-28(23)29(31-21-33-37)34-26-6-7-27-24(17-26)18-32-38(27)19-22-4-2-5-25(30)16-22;1-3-6(2,4)5/h2,4-8,11,16-18,21H,3,9-10,12-15,19-20H2,1H3,(H,31,33,34);3H,1H2,2H3. The molecule has 15 heteroatoms. The van der Waals surface area contributed by atoms with Crippen molar-refractivity contribution in [2.45, 2.75) is 19.5 Å². The maximum Gasteiger partial charge on any atom is 0.168 e. The van der Waals surface area contributed by atoms with Crippen LogP contribution in [0.15, 0.2) is 79.2 Å². The zero-order valence-corrected chi connectivity index (χ0v) is 28.1. The maximum atomic E-state index is 13.6. The van der Waals surface area contributed by atoms with Gasteiger partial charge in [-0.3, -0.25) is 9.58 Å². The van der Waals surface area contributed by atoms with Crippen LogP contribution in [0.2, 0.25) is 0 Å². The number of nitrogens with one attached hydrogen (secondary N) is 1. The van der Waals surface area contributed by atoms with Crippen molar-refractivity contribution in [2.75, 3.05) is 56.3 Å². The van der Waals surface area contributed by atoms with Crippen molar-refractivity contribution in [1.29, 1.82) is 0 Å². The topological polar surface area (TPSA) is 135 Å². The summed E-state index contributed by atoms with van der Waals surface area (Å²) < 4.78 is 60.3. The highest BCUT2D eigenvalue weighted by Crippen LogP contribution is 2.27. The first-order chi connectivity index (χ1) is 22.4. The largest absolute Gasteiger partial charge is 0.338 e. The van der Waals surface area contributed by atoms with Crippen LogP contribution in [0.5, 0.6) is 0 Å². The molecule has 1 aliphatic heterocycles. The Morgan fingerprint density at radius 1 is 0.957 bits per heavy atom. The van der Waals surface area contributed by atoms with Gasteiger partial charge in [-0.15, -0.1) is 0 Å². The van der Waals surface area contributed by atoms with E-state index < -0.39 is 19.7 Å². The van der Waals surface area contributed by atoms with Gasteiger partial charge in [-0.2, -0.15) is 10.2 Å². The average molecular weight is 683 g/mol. The summed E-state index contributed by atoms with van der Waals surface area (Å²) >= 11 is 0. The summed E-state index contributed by atoms with van der Waals surface area (Å²) in [6.45, 7) is 8.42. The van der Waals surface area contributed by atoms with Gasteiger partial charge >= 0.3 is 0 Å². The lowest BCUT2D eigenvalue weighted by atomic mass is 10.2. The lowest BCUT2D eigenvalue weighted by Gasteiger charge is -2.21. The number of hydrogen-bond acceptors (Lipinski definition) is 10. The van der Waals surface area contributed by atoms with E-state index in [1.165, 1.54) is 18.4 Å². The predicted octanol–water partition coefficient (Wildman–Crippen LogP) is 3.74. The molecule has 47 heavy (non-hydrogen) atoms. The minimum Gasteiger partial charge on any atom is -0.338 e. The van der Waals surface area contributed by atoms with E-state index in [-0.39, 0.29) is 11.6 Å². The third kappa shape index (κ3) is 9.67. The Kier molecular flexibility index (Phi) is 10.7. The zero-order valence-electron chi connectivity index (χ0n) is 26.5. The fraction of sp³-hybridized carbons (Fsp3) is 0.344. The Balaban J connectivity index is 0.000000662. The highest BCUT2D eigenvalue weighted by molar-refractivity contribution is 7.93. The molecule has 0 radical (unpaired) electrons. The summed E-state index contributed by atoms with van der Waals surface area (Å²) in [5.41, 5.74) is 4.75. The number of fused-ring (bicyclic) bond motifs is 2. The lowest BCUT2D eigenvalue weighted by Crippen LogP contribution is -2.33. The summed E-state index contributed by atoms with van der Waals surface area (Å²) in [6, 6.07) is 14.7. The van der Waals surface area contributed by atoms with Crippen molar-refractivity contribution in [1.82, 2.24) is 34.2 Å². The van der Waals surface area contributed by atoms with Gasteiger partial charge < -0.3 is 10.2 Å². The first-order valence-corrected chi connectivity index (χ1v) is 19.1. The van der Waals surface area contributed by atoms with Crippen LogP contribution in [-0.4, -0.2) is 102 Å². The Hall–Kier alpha value is -4.18. The van der Waals surface area contributed by atoms with Gasteiger partial charge in [0.2, 0.25) is 0 Å². The Morgan fingerprint density at radius 3 is 2.47 bits per heavy atom. The van der Waals surface area contributed by atoms with Crippen LogP contribution in [-0.2, 0) is 32.8 Å². The van der Waals surface area contributed by atoms with E-state index in [0.717, 1.165) is 89.9 Å². The van der Waals surface area contributed by atoms with Gasteiger partial charge in [0.1, 0.15) is 27.5 Å². The maximum absolute atomic E-state index is 13.6. The van der Waals surface area contributed by atoms with Gasteiger partial charge in [-0.1, -0.05) is 18.7 Å². The number of anilines is 2. The normalized spacial score (nSPS) is 14.9. The summed E-state index contributed by atoms with van der Waals surface area (Å²) in [7, 11) is -5.86. The molecule has 0 saturated carbocycles. The monoisotopic (exact) mass is 682 g/mol. The third-order valence-corrected chi connectivity index (χ3v) is 9.35. The van der Waals surface area contributed by atoms with Crippen molar-refractivity contribution >= 4 is 47.6 Å². The molecule has 12 nitrogen and oxygen atoms in total. The predicted molar refractivity (Wildman–Crippen MR) is 183 cm³/mol. The molecule has 6 rings (SSSR count). The fourth-order valence-electron chi connectivity index (χ4n) is 5.42. The first kappa shape index (κ1) is 34.2. The average Bonchev–Trinajstić information content (AvgIpc) is 3.53. The highest BCUT2D eigenvalue weighted by Gasteiger charge is 2.19. The van der Waals surface area contributed by atoms with Crippen LogP contribution in [0.1, 0.15) is 17.5 Å². The molecule has 4 heterocycles. The van der Waals surface area contributed by atoms with E-state index >= 15 is 0 Å². The van der Waals surface area contributed by atoms with Crippen molar-refractivity contribution in [3.05, 3.63) is 96.2 Å². The number of sulfone groups is 2. The summed E-state index contributed by atoms with van der Waals surface area (Å²) in [4.78, 5) is 9.22. The summed E-state index contributed by atoms with van der Waals surface area (Å²) in [5.74, 6) is 0.660. The number of rotatable bonds is 10. The molecule has 1 aliphatic rings. The van der Waals surface area contributed by atoms with Crippen molar-refractivity contribution < 1.29 is 21.2 Å². The molecule has 1 N–H and O–H groups in total. The van der Waals surface area contributed by atoms with Crippen molar-refractivity contribution in [3.8, 4) is 0 Å². The van der Waals surface area contributed by atoms with E-state index in [1.54, 1.807) is 12.4 Å². The smallest absolute Gasteiger partial charge is 0.168 e. The Bertz CT molecular complexity index is 2070. The van der Waals surface area contributed by atoms with Crippen molar-refractivity contribution in [3.63, 3.8) is 0 Å². The molecule has 250 valence electrons. The van der Waals surface area contributed by atoms with Crippen LogP contribution in [0.3, 0.4) is 0 Å². The molecule has 2 aromatic carbocycles. The quantitative estimate of drug-likeness (QED) is 0.232. The van der Waals surface area contributed by atoms with Gasteiger partial charge in [0.15, 0.2) is 15.7 Å². The van der Waals surface area contributed by atoms with Gasteiger partial charge in [0.05, 0.1) is 24.0 Å². The summed E-state index contributed by atoms with van der Waals surface area (Å²) in [6.07, 6.45) is 8.69. The van der Waals surface area contributed by atoms with E-state index in [0.29, 0.717) is 13.1 Å². The molecule has 3 aromatic heterocycles. The molecular formula is C32H39FN8O4S2. The van der Waals surface area contributed by atoms with E-state index in [2.05, 4.69) is 42.9 Å². The van der Waals surface area contributed by atoms with Crippen LogP contribution >= 0.6 is 0 Å². The Morgan fingerprint density at radius 2 is 1.72 bits per heavy atom. The zero-order chi connectivity index (χ0) is 33.6. The van der Waals surface area contributed by atoms with Crippen LogP contribution in [0, 0.1) is 5.82 Å². The van der Waals surface area contributed by atoms with Gasteiger partial charge in [-0.05, 0) is 67.0 Å². The number of hydrogen-bond donors (Lipinski definition) is 1. The molecule has 0 amide bonds. The lowest BCUT2D eigenvalue weighted by molar-refractivity contribution is 0.258. The van der Waals surface area contributed by atoms with Crippen LogP contribution in [0.25, 0.3) is 16.4 Å². The molecule has 0 atom stereocenters. The third-order valence-electron chi connectivity index (χ3n) is 7.82. The van der Waals surface area contributed by atoms with Gasteiger partial charge in [0, 0.05) is 61.4 Å². The second-order valence-electron chi connectivity index (χ2n) is 11.7. The number of benzene rings is 2. The molecule has 0 spiro atoms. The second kappa shape index (κ2) is 14.7. The molecular weight excluding hydrogens is 644 g/mol. The van der Waals surface area contributed by atoms with Gasteiger partial charge in [0.25, 0.3) is 0 Å². The SMILES string of the molecule is C=CS(C)(=O)=O.CS(=O)(=O)CCN1CCCN(Cc2ccn3ncnc(Nc4ccc5c(cnn5Cc5cccc(F)c5)c4)c23)CC1. The number of halogens is 1. The molecule has 5 aromatic rings. The molecule has 0 bridgehead atoms. The molecule has 1 saturated heterocycles. The Labute approximate surface area is 274 Å². The van der Waals surface area contributed by atoms with Crippen LogP contribution in [0.4, 0.5) is 15.9 Å². The number of nitrogens with zero attached hydrogens (tertiary/aromatic N) is 7. The van der Waals surface area contributed by atoms with Crippen molar-refractivity contribution in [2.24, 2.45) is 0 Å². The minimum absolute atomic E-state index is 0.198. The molecule has 0 unspecified atom stereocenters. The molecule has 0 aliphatic carbocycles. The number of aromatic nitrogens is 5. The molecule has 1 fully saturated rings. The van der Waals surface area contributed by atoms with Gasteiger partial charge in [-0.25, -0.2) is 30.7 Å². The van der Waals surface area contributed by atoms with E-state index in [4.69, 9.17) is 0 Å².